The molecule has 0 bridgehead atoms. The van der Waals surface area contributed by atoms with Crippen LogP contribution in [0.4, 0.5) is 0 Å². The Labute approximate surface area is 133 Å². The van der Waals surface area contributed by atoms with Gasteiger partial charge in [0.2, 0.25) is 10.0 Å². The number of thioether (sulfide) groups is 1. The summed E-state index contributed by atoms with van der Waals surface area (Å²) in [6.07, 6.45) is 0.844. The van der Waals surface area contributed by atoms with Gasteiger partial charge < -0.3 is 5.73 Å². The fourth-order valence-corrected chi connectivity index (χ4v) is 5.07. The van der Waals surface area contributed by atoms with Crippen molar-refractivity contribution in [2.75, 3.05) is 24.6 Å². The first-order valence-corrected chi connectivity index (χ1v) is 9.48. The summed E-state index contributed by atoms with van der Waals surface area (Å²) in [6, 6.07) is 4.61. The summed E-state index contributed by atoms with van der Waals surface area (Å²) in [5, 5.41) is 0.196. The number of benzene rings is 1. The smallest absolute Gasteiger partial charge is 0.244 e. The van der Waals surface area contributed by atoms with Crippen molar-refractivity contribution in [3.8, 4) is 0 Å². The molecule has 2 rings (SSSR count). The zero-order chi connectivity index (χ0) is 14.8. The Kier molecular flexibility index (Phi) is 5.30. The largest absolute Gasteiger partial charge is 0.389 e. The lowest BCUT2D eigenvalue weighted by Crippen LogP contribution is -2.33. The van der Waals surface area contributed by atoms with Crippen molar-refractivity contribution in [2.45, 2.75) is 11.3 Å². The molecule has 1 fully saturated rings. The van der Waals surface area contributed by atoms with Crippen molar-refractivity contribution in [3.05, 3.63) is 28.8 Å². The SMILES string of the molecule is NC(=S)c1ccc(Cl)c(S(=O)(=O)N2CCCSCC2)c1. The molecule has 1 aliphatic heterocycles. The molecule has 0 unspecified atom stereocenters. The van der Waals surface area contributed by atoms with E-state index in [0.717, 1.165) is 17.9 Å². The number of hydrogen-bond donors (Lipinski definition) is 1. The average Bonchev–Trinajstić information content (AvgIpc) is 2.68. The highest BCUT2D eigenvalue weighted by Crippen LogP contribution is 2.27. The molecular weight excluding hydrogens is 336 g/mol. The van der Waals surface area contributed by atoms with E-state index in [-0.39, 0.29) is 14.9 Å². The van der Waals surface area contributed by atoms with Crippen LogP contribution in [-0.2, 0) is 10.0 Å². The van der Waals surface area contributed by atoms with Gasteiger partial charge in [-0.25, -0.2) is 8.42 Å². The zero-order valence-electron chi connectivity index (χ0n) is 10.7. The van der Waals surface area contributed by atoms with Crippen molar-refractivity contribution in [1.29, 1.82) is 0 Å². The summed E-state index contributed by atoms with van der Waals surface area (Å²) in [4.78, 5) is 0.237. The second-order valence-electron chi connectivity index (χ2n) is 4.38. The third-order valence-electron chi connectivity index (χ3n) is 3.01. The Morgan fingerprint density at radius 2 is 2.10 bits per heavy atom. The molecule has 1 aromatic rings. The molecule has 1 heterocycles. The van der Waals surface area contributed by atoms with Gasteiger partial charge in [-0.15, -0.1) is 0 Å². The molecule has 0 aromatic heterocycles. The Morgan fingerprint density at radius 1 is 1.35 bits per heavy atom. The van der Waals surface area contributed by atoms with Gasteiger partial charge in [0, 0.05) is 24.4 Å². The van der Waals surface area contributed by atoms with Gasteiger partial charge >= 0.3 is 0 Å². The first kappa shape index (κ1) is 16.0. The maximum Gasteiger partial charge on any atom is 0.244 e. The molecule has 0 aliphatic carbocycles. The van der Waals surface area contributed by atoms with Crippen LogP contribution in [0.1, 0.15) is 12.0 Å². The zero-order valence-corrected chi connectivity index (χ0v) is 13.9. The van der Waals surface area contributed by atoms with Crippen molar-refractivity contribution < 1.29 is 8.42 Å². The van der Waals surface area contributed by atoms with Gasteiger partial charge in [-0.2, -0.15) is 16.1 Å². The number of nitrogens with two attached hydrogens (primary N) is 1. The molecule has 0 spiro atoms. The second-order valence-corrected chi connectivity index (χ2v) is 8.36. The Balaban J connectivity index is 2.42. The molecule has 2 N–H and O–H groups in total. The van der Waals surface area contributed by atoms with E-state index >= 15 is 0 Å². The minimum Gasteiger partial charge on any atom is -0.389 e. The maximum atomic E-state index is 12.7. The van der Waals surface area contributed by atoms with E-state index in [1.165, 1.54) is 16.4 Å². The Bertz CT molecular complexity index is 611. The van der Waals surface area contributed by atoms with Crippen LogP contribution in [0.2, 0.25) is 5.02 Å². The lowest BCUT2D eigenvalue weighted by atomic mass is 10.2. The van der Waals surface area contributed by atoms with Gasteiger partial charge in [-0.1, -0.05) is 29.9 Å². The number of nitrogens with zero attached hydrogens (tertiary/aromatic N) is 1. The average molecular weight is 351 g/mol. The van der Waals surface area contributed by atoms with Crippen LogP contribution in [-0.4, -0.2) is 42.3 Å². The van der Waals surface area contributed by atoms with E-state index in [1.54, 1.807) is 17.8 Å². The first-order chi connectivity index (χ1) is 9.43. The first-order valence-electron chi connectivity index (χ1n) is 6.10. The van der Waals surface area contributed by atoms with E-state index in [4.69, 9.17) is 29.6 Å². The van der Waals surface area contributed by atoms with Crippen LogP contribution < -0.4 is 5.73 Å². The fraction of sp³-hybridized carbons (Fsp3) is 0.417. The predicted octanol–water partition coefficient (Wildman–Crippen LogP) is 2.10. The molecule has 1 aromatic carbocycles. The lowest BCUT2D eigenvalue weighted by Gasteiger charge is -2.20. The van der Waals surface area contributed by atoms with Gasteiger partial charge in [0.1, 0.15) is 9.88 Å². The molecule has 0 amide bonds. The van der Waals surface area contributed by atoms with Crippen molar-refractivity contribution in [2.24, 2.45) is 5.73 Å². The quantitative estimate of drug-likeness (QED) is 0.846. The summed E-state index contributed by atoms with van der Waals surface area (Å²) < 4.78 is 26.9. The predicted molar refractivity (Wildman–Crippen MR) is 88.0 cm³/mol. The molecule has 0 saturated carbocycles. The van der Waals surface area contributed by atoms with Gasteiger partial charge in [0.25, 0.3) is 0 Å². The summed E-state index contributed by atoms with van der Waals surface area (Å²) in [7, 11) is -3.60. The number of thiocarbonyl (C=S) groups is 1. The van der Waals surface area contributed by atoms with Gasteiger partial charge in [0.05, 0.1) is 5.02 Å². The summed E-state index contributed by atoms with van der Waals surface area (Å²) in [5.41, 5.74) is 6.06. The van der Waals surface area contributed by atoms with Crippen LogP contribution in [0.15, 0.2) is 23.1 Å². The van der Waals surface area contributed by atoms with Crippen molar-refractivity contribution >= 4 is 50.6 Å². The Morgan fingerprint density at radius 3 is 2.80 bits per heavy atom. The number of hydrogen-bond acceptors (Lipinski definition) is 4. The topological polar surface area (TPSA) is 63.4 Å². The second kappa shape index (κ2) is 6.62. The standard InChI is InChI=1S/C12H15ClN2O2S3/c13-10-3-2-9(12(14)18)8-11(10)20(16,17)15-4-1-6-19-7-5-15/h2-3,8H,1,4-7H2,(H2,14,18). The van der Waals surface area contributed by atoms with E-state index in [1.807, 2.05) is 0 Å². The van der Waals surface area contributed by atoms with Crippen LogP contribution >= 0.6 is 35.6 Å². The molecule has 4 nitrogen and oxygen atoms in total. The minimum atomic E-state index is -3.60. The maximum absolute atomic E-state index is 12.7. The van der Waals surface area contributed by atoms with Crippen LogP contribution in [0.5, 0.6) is 0 Å². The molecule has 0 atom stereocenters. The number of rotatable bonds is 3. The van der Waals surface area contributed by atoms with E-state index < -0.39 is 10.0 Å². The van der Waals surface area contributed by atoms with Crippen LogP contribution in [0.25, 0.3) is 0 Å². The molecule has 1 aliphatic rings. The highest BCUT2D eigenvalue weighted by molar-refractivity contribution is 7.99. The molecule has 1 saturated heterocycles. The Hall–Kier alpha value is -0.340. The summed E-state index contributed by atoms with van der Waals surface area (Å²) >= 11 is 12.7. The highest BCUT2D eigenvalue weighted by atomic mass is 35.5. The third-order valence-corrected chi connectivity index (χ3v) is 6.68. The van der Waals surface area contributed by atoms with E-state index in [0.29, 0.717) is 18.7 Å². The molecular formula is C12H15ClN2O2S3. The van der Waals surface area contributed by atoms with Crippen molar-refractivity contribution in [3.63, 3.8) is 0 Å². The highest BCUT2D eigenvalue weighted by Gasteiger charge is 2.27. The minimum absolute atomic E-state index is 0.0800. The van der Waals surface area contributed by atoms with E-state index in [9.17, 15) is 8.42 Å². The van der Waals surface area contributed by atoms with Gasteiger partial charge in [-0.3, -0.25) is 0 Å². The normalized spacial score (nSPS) is 17.6. The fourth-order valence-electron chi connectivity index (χ4n) is 1.96. The molecule has 20 heavy (non-hydrogen) atoms. The van der Waals surface area contributed by atoms with Gasteiger partial charge in [0.15, 0.2) is 0 Å². The molecule has 0 radical (unpaired) electrons. The molecule has 110 valence electrons. The number of halogens is 1. The number of sulfonamides is 1. The van der Waals surface area contributed by atoms with E-state index in [2.05, 4.69) is 0 Å². The summed E-state index contributed by atoms with van der Waals surface area (Å²) in [6.45, 7) is 1.02. The third kappa shape index (κ3) is 3.46. The summed E-state index contributed by atoms with van der Waals surface area (Å²) in [5.74, 6) is 1.78. The van der Waals surface area contributed by atoms with Crippen LogP contribution in [0, 0.1) is 0 Å². The lowest BCUT2D eigenvalue weighted by molar-refractivity contribution is 0.435. The van der Waals surface area contributed by atoms with Crippen molar-refractivity contribution in [1.82, 2.24) is 4.31 Å². The monoisotopic (exact) mass is 350 g/mol. The molecule has 8 heteroatoms. The van der Waals surface area contributed by atoms with Crippen LogP contribution in [0.3, 0.4) is 0 Å². The van der Waals surface area contributed by atoms with Gasteiger partial charge in [-0.05, 0) is 24.3 Å².